The first-order chi connectivity index (χ1) is 10.1. The summed E-state index contributed by atoms with van der Waals surface area (Å²) in [6, 6.07) is 8.71. The van der Waals surface area contributed by atoms with Crippen LogP contribution in [0.4, 0.5) is 5.69 Å². The fourth-order valence-corrected chi connectivity index (χ4v) is 1.77. The van der Waals surface area contributed by atoms with Crippen molar-refractivity contribution >= 4 is 12.0 Å². The van der Waals surface area contributed by atoms with Crippen LogP contribution in [-0.4, -0.2) is 22.4 Å². The first-order valence-electron chi connectivity index (χ1n) is 6.13. The van der Waals surface area contributed by atoms with Crippen molar-refractivity contribution in [2.24, 2.45) is 0 Å². The Morgan fingerprint density at radius 3 is 2.76 bits per heavy atom. The number of hydrogen-bond acceptors (Lipinski definition) is 5. The van der Waals surface area contributed by atoms with Gasteiger partial charge in [-0.05, 0) is 18.2 Å². The third-order valence-electron chi connectivity index (χ3n) is 2.80. The number of rotatable bonds is 6. The van der Waals surface area contributed by atoms with Crippen LogP contribution in [0.3, 0.4) is 0 Å². The van der Waals surface area contributed by atoms with Crippen LogP contribution in [0.5, 0.6) is 5.75 Å². The Kier molecular flexibility index (Phi) is 4.45. The minimum absolute atomic E-state index is 0.0644. The van der Waals surface area contributed by atoms with Gasteiger partial charge < -0.3 is 9.30 Å². The summed E-state index contributed by atoms with van der Waals surface area (Å²) in [7, 11) is 0. The highest BCUT2D eigenvalue weighted by Gasteiger charge is 2.15. The highest BCUT2D eigenvalue weighted by molar-refractivity contribution is 5.77. The lowest BCUT2D eigenvalue weighted by Crippen LogP contribution is -2.21. The number of aldehydes is 1. The maximum absolute atomic E-state index is 11.5. The van der Waals surface area contributed by atoms with E-state index in [1.807, 2.05) is 0 Å². The van der Waals surface area contributed by atoms with Crippen molar-refractivity contribution in [1.29, 1.82) is 0 Å². The molecule has 0 saturated heterocycles. The van der Waals surface area contributed by atoms with Crippen molar-refractivity contribution in [3.05, 3.63) is 68.6 Å². The molecule has 0 fully saturated rings. The van der Waals surface area contributed by atoms with Gasteiger partial charge in [-0.2, -0.15) is 0 Å². The molecule has 7 nitrogen and oxygen atoms in total. The largest absolute Gasteiger partial charge is 0.485 e. The molecule has 0 atom stereocenters. The monoisotopic (exact) mass is 288 g/mol. The second-order valence-electron chi connectivity index (χ2n) is 4.18. The normalized spacial score (nSPS) is 10.1. The predicted octanol–water partition coefficient (Wildman–Crippen LogP) is 1.65. The highest BCUT2D eigenvalue weighted by Crippen LogP contribution is 2.27. The molecule has 108 valence electrons. The van der Waals surface area contributed by atoms with Gasteiger partial charge in [0.2, 0.25) is 0 Å². The molecule has 0 aliphatic heterocycles. The van der Waals surface area contributed by atoms with Crippen molar-refractivity contribution < 1.29 is 14.5 Å². The van der Waals surface area contributed by atoms with E-state index in [0.717, 1.165) is 6.07 Å². The van der Waals surface area contributed by atoms with Crippen LogP contribution in [0, 0.1) is 10.1 Å². The average molecular weight is 288 g/mol. The van der Waals surface area contributed by atoms with E-state index in [9.17, 15) is 19.7 Å². The van der Waals surface area contributed by atoms with Crippen LogP contribution in [0.25, 0.3) is 0 Å². The number of ether oxygens (including phenoxy) is 1. The topological polar surface area (TPSA) is 91.4 Å². The van der Waals surface area contributed by atoms with Crippen molar-refractivity contribution in [3.8, 4) is 5.75 Å². The number of pyridine rings is 1. The fraction of sp³-hybridized carbons (Fsp3) is 0.143. The molecule has 0 bridgehead atoms. The van der Waals surface area contributed by atoms with Gasteiger partial charge in [-0.3, -0.25) is 19.7 Å². The zero-order chi connectivity index (χ0) is 15.2. The molecule has 1 aromatic carbocycles. The molecule has 0 amide bonds. The molecule has 0 N–H and O–H groups in total. The van der Waals surface area contributed by atoms with Crippen LogP contribution in [0.1, 0.15) is 10.4 Å². The number of nitrogens with zero attached hydrogens (tertiary/aromatic N) is 2. The Labute approximate surface area is 119 Å². The maximum Gasteiger partial charge on any atom is 0.311 e. The van der Waals surface area contributed by atoms with Crippen molar-refractivity contribution in [2.45, 2.75) is 6.54 Å². The molecule has 21 heavy (non-hydrogen) atoms. The molecule has 0 radical (unpaired) electrons. The Hall–Kier alpha value is -2.96. The number of benzene rings is 1. The Morgan fingerprint density at radius 1 is 1.29 bits per heavy atom. The van der Waals surface area contributed by atoms with Crippen LogP contribution in [-0.2, 0) is 6.54 Å². The zero-order valence-corrected chi connectivity index (χ0v) is 11.0. The van der Waals surface area contributed by atoms with Gasteiger partial charge in [0.05, 0.1) is 11.5 Å². The van der Waals surface area contributed by atoms with Crippen molar-refractivity contribution in [1.82, 2.24) is 4.57 Å². The van der Waals surface area contributed by atoms with Gasteiger partial charge in [0.15, 0.2) is 5.75 Å². The van der Waals surface area contributed by atoms with Crippen molar-refractivity contribution in [2.75, 3.05) is 6.61 Å². The van der Waals surface area contributed by atoms with Gasteiger partial charge in [-0.15, -0.1) is 0 Å². The van der Waals surface area contributed by atoms with E-state index in [-0.39, 0.29) is 35.7 Å². The maximum atomic E-state index is 11.5. The van der Waals surface area contributed by atoms with Gasteiger partial charge >= 0.3 is 5.69 Å². The predicted molar refractivity (Wildman–Crippen MR) is 74.7 cm³/mol. The second-order valence-corrected chi connectivity index (χ2v) is 4.18. The standard InChI is InChI=1S/C14H12N2O5/c17-10-11-4-5-13(12(9-11)16(19)20)21-8-7-15-6-2-1-3-14(15)18/h1-6,9-10H,7-8H2. The molecule has 2 aromatic rings. The molecule has 7 heteroatoms. The van der Waals surface area contributed by atoms with Gasteiger partial charge in [-0.1, -0.05) is 6.07 Å². The molecular weight excluding hydrogens is 276 g/mol. The average Bonchev–Trinajstić information content (AvgIpc) is 2.49. The van der Waals surface area contributed by atoms with Gasteiger partial charge in [0.25, 0.3) is 5.56 Å². The molecule has 1 heterocycles. The lowest BCUT2D eigenvalue weighted by atomic mass is 10.2. The zero-order valence-electron chi connectivity index (χ0n) is 11.0. The number of carbonyl (C=O) groups is 1. The van der Waals surface area contributed by atoms with Crippen LogP contribution >= 0.6 is 0 Å². The lowest BCUT2D eigenvalue weighted by molar-refractivity contribution is -0.385. The van der Waals surface area contributed by atoms with E-state index in [1.54, 1.807) is 18.3 Å². The molecule has 0 aliphatic carbocycles. The summed E-state index contributed by atoms with van der Waals surface area (Å²) in [4.78, 5) is 32.4. The number of nitro groups is 1. The summed E-state index contributed by atoms with van der Waals surface area (Å²) >= 11 is 0. The molecule has 0 saturated carbocycles. The number of aromatic nitrogens is 1. The molecule has 2 rings (SSSR count). The number of hydrogen-bond donors (Lipinski definition) is 0. The van der Waals surface area contributed by atoms with Gasteiger partial charge in [0.1, 0.15) is 12.9 Å². The van der Waals surface area contributed by atoms with E-state index in [2.05, 4.69) is 0 Å². The second kappa shape index (κ2) is 6.47. The SMILES string of the molecule is O=Cc1ccc(OCCn2ccccc2=O)c([N+](=O)[O-])c1. The Morgan fingerprint density at radius 2 is 2.10 bits per heavy atom. The minimum Gasteiger partial charge on any atom is -0.485 e. The minimum atomic E-state index is -0.614. The Balaban J connectivity index is 2.10. The third-order valence-corrected chi connectivity index (χ3v) is 2.80. The summed E-state index contributed by atoms with van der Waals surface area (Å²) in [5.41, 5.74) is -0.250. The third kappa shape index (κ3) is 3.53. The van der Waals surface area contributed by atoms with Crippen LogP contribution in [0.2, 0.25) is 0 Å². The summed E-state index contributed by atoms with van der Waals surface area (Å²) < 4.78 is 6.78. The highest BCUT2D eigenvalue weighted by atomic mass is 16.6. The summed E-state index contributed by atoms with van der Waals surface area (Å²) in [5, 5.41) is 10.9. The van der Waals surface area contributed by atoms with E-state index >= 15 is 0 Å². The number of nitro benzene ring substituents is 1. The molecule has 0 spiro atoms. The molecular formula is C14H12N2O5. The van der Waals surface area contributed by atoms with Crippen LogP contribution in [0.15, 0.2) is 47.4 Å². The summed E-state index contributed by atoms with van der Waals surface area (Å²) in [5.74, 6) is 0.0644. The fourth-order valence-electron chi connectivity index (χ4n) is 1.77. The van der Waals surface area contributed by atoms with E-state index in [4.69, 9.17) is 4.74 Å². The van der Waals surface area contributed by atoms with E-state index < -0.39 is 4.92 Å². The van der Waals surface area contributed by atoms with Gasteiger partial charge in [0, 0.05) is 23.9 Å². The first-order valence-corrected chi connectivity index (χ1v) is 6.13. The van der Waals surface area contributed by atoms with Crippen molar-refractivity contribution in [3.63, 3.8) is 0 Å². The lowest BCUT2D eigenvalue weighted by Gasteiger charge is -2.08. The summed E-state index contributed by atoms with van der Waals surface area (Å²) in [6.45, 7) is 0.372. The number of carbonyl (C=O) groups excluding carboxylic acids is 1. The smallest absolute Gasteiger partial charge is 0.311 e. The summed E-state index contributed by atoms with van der Waals surface area (Å²) in [6.07, 6.45) is 2.13. The van der Waals surface area contributed by atoms with E-state index in [0.29, 0.717) is 6.29 Å². The van der Waals surface area contributed by atoms with E-state index in [1.165, 1.54) is 22.8 Å². The Bertz CT molecular complexity index is 723. The first kappa shape index (κ1) is 14.4. The molecule has 1 aromatic heterocycles. The van der Waals surface area contributed by atoms with Gasteiger partial charge in [-0.25, -0.2) is 0 Å². The molecule has 0 unspecified atom stereocenters. The quantitative estimate of drug-likeness (QED) is 0.458. The molecule has 0 aliphatic rings. The van der Waals surface area contributed by atoms with Crippen LogP contribution < -0.4 is 10.3 Å².